The molecule has 1 atom stereocenters. The molecule has 0 saturated carbocycles. The Kier molecular flexibility index (Phi) is 7.20. The number of nitriles is 1. The van der Waals surface area contributed by atoms with Crippen molar-refractivity contribution in [3.05, 3.63) is 116 Å². The van der Waals surface area contributed by atoms with Gasteiger partial charge in [-0.3, -0.25) is 9.69 Å². The molecule has 2 aliphatic rings. The molecule has 0 spiro atoms. The first-order chi connectivity index (χ1) is 18.7. The molecule has 2 N–H and O–H groups in total. The van der Waals surface area contributed by atoms with Crippen molar-refractivity contribution in [3.63, 3.8) is 0 Å². The Bertz CT molecular complexity index is 1580. The van der Waals surface area contributed by atoms with E-state index in [0.29, 0.717) is 47.0 Å². The lowest BCUT2D eigenvalue weighted by atomic mass is 9.73. The summed E-state index contributed by atoms with van der Waals surface area (Å²) < 4.78 is 19.3. The molecule has 0 aromatic heterocycles. The predicted octanol–water partition coefficient (Wildman–Crippen LogP) is 7.29. The lowest BCUT2D eigenvalue weighted by molar-refractivity contribution is -0.116. The van der Waals surface area contributed by atoms with Gasteiger partial charge in [-0.2, -0.15) is 5.26 Å². The van der Waals surface area contributed by atoms with E-state index in [1.165, 1.54) is 12.1 Å². The van der Waals surface area contributed by atoms with Crippen LogP contribution in [0.25, 0.3) is 0 Å². The van der Waals surface area contributed by atoms with E-state index in [0.717, 1.165) is 39.2 Å². The van der Waals surface area contributed by atoms with Gasteiger partial charge in [-0.05, 0) is 92.3 Å². The molecule has 1 heterocycles. The molecule has 1 aliphatic heterocycles. The maximum Gasteiger partial charge on any atom is 0.161 e. The van der Waals surface area contributed by atoms with Crippen LogP contribution in [0.1, 0.15) is 53.0 Å². The number of ether oxygens (including phenoxy) is 1. The second-order valence-electron chi connectivity index (χ2n) is 10.1. The zero-order chi connectivity index (χ0) is 27.8. The van der Waals surface area contributed by atoms with Crippen molar-refractivity contribution in [2.45, 2.75) is 52.6 Å². The molecule has 0 radical (unpaired) electrons. The summed E-state index contributed by atoms with van der Waals surface area (Å²) in [6.45, 7) is 6.17. The topological polar surface area (TPSA) is 79.3 Å². The van der Waals surface area contributed by atoms with Crippen LogP contribution in [0, 0.1) is 37.9 Å². The van der Waals surface area contributed by atoms with Crippen molar-refractivity contribution < 1.29 is 13.9 Å². The van der Waals surface area contributed by atoms with Crippen LogP contribution in [0.3, 0.4) is 0 Å². The summed E-state index contributed by atoms with van der Waals surface area (Å²) in [4.78, 5) is 15.4. The summed E-state index contributed by atoms with van der Waals surface area (Å²) in [5.74, 6) is -0.0239. The summed E-state index contributed by atoms with van der Waals surface area (Å²) in [6, 6.07) is 17.8. The van der Waals surface area contributed by atoms with Crippen LogP contribution >= 0.6 is 11.6 Å². The van der Waals surface area contributed by atoms with Gasteiger partial charge in [0.1, 0.15) is 24.0 Å². The average Bonchev–Trinajstić information content (AvgIpc) is 2.91. The molecule has 198 valence electrons. The molecular weight excluding hydrogens is 513 g/mol. The molecule has 5 rings (SSSR count). The van der Waals surface area contributed by atoms with Crippen molar-refractivity contribution in [1.29, 1.82) is 5.26 Å². The van der Waals surface area contributed by atoms with Gasteiger partial charge in [-0.25, -0.2) is 4.39 Å². The summed E-state index contributed by atoms with van der Waals surface area (Å²) in [5.41, 5.74) is 13.9. The van der Waals surface area contributed by atoms with Gasteiger partial charge in [0, 0.05) is 22.7 Å². The number of anilines is 1. The first-order valence-electron chi connectivity index (χ1n) is 12.9. The van der Waals surface area contributed by atoms with E-state index in [1.807, 2.05) is 56.0 Å². The van der Waals surface area contributed by atoms with E-state index in [-0.39, 0.29) is 18.2 Å². The van der Waals surface area contributed by atoms with Gasteiger partial charge in [0.2, 0.25) is 0 Å². The van der Waals surface area contributed by atoms with Gasteiger partial charge in [-0.1, -0.05) is 35.4 Å². The van der Waals surface area contributed by atoms with E-state index in [2.05, 4.69) is 6.07 Å². The van der Waals surface area contributed by atoms with Crippen LogP contribution in [0.15, 0.2) is 77.3 Å². The number of carbonyl (C=O) groups excluding carboxylic acids is 1. The maximum atomic E-state index is 13.6. The maximum absolute atomic E-state index is 13.6. The van der Waals surface area contributed by atoms with E-state index in [4.69, 9.17) is 22.1 Å². The quantitative estimate of drug-likeness (QED) is 0.367. The lowest BCUT2D eigenvalue weighted by Gasteiger charge is -2.40. The Balaban J connectivity index is 1.65. The largest absolute Gasteiger partial charge is 0.489 e. The Morgan fingerprint density at radius 3 is 2.56 bits per heavy atom. The van der Waals surface area contributed by atoms with Crippen LogP contribution in [0.4, 0.5) is 10.1 Å². The number of hydrogen-bond donors (Lipinski definition) is 1. The van der Waals surface area contributed by atoms with Gasteiger partial charge in [-0.15, -0.1) is 0 Å². The van der Waals surface area contributed by atoms with Crippen LogP contribution in [0.2, 0.25) is 5.02 Å². The van der Waals surface area contributed by atoms with E-state index in [1.54, 1.807) is 12.1 Å². The molecule has 0 bridgehead atoms. The number of rotatable bonds is 5. The molecule has 0 amide bonds. The zero-order valence-corrected chi connectivity index (χ0v) is 22.9. The standard InChI is InChI=1S/C32H29ClFN3O2/c1-18-13-21(17-39-24-11-9-23(34)10-12-24)20(3)25(14-18)30-26(16-35)32(36)37(27-5-4-6-29(38)31(27)30)28-15-22(33)8-7-19(28)2/h7-15,30H,4-6,17,36H2,1-3H3. The molecular formula is C32H29ClFN3O2. The molecule has 3 aromatic carbocycles. The van der Waals surface area contributed by atoms with Gasteiger partial charge in [0.25, 0.3) is 0 Å². The van der Waals surface area contributed by atoms with Gasteiger partial charge in [0.15, 0.2) is 5.78 Å². The van der Waals surface area contributed by atoms with E-state index >= 15 is 0 Å². The Labute approximate surface area is 233 Å². The summed E-state index contributed by atoms with van der Waals surface area (Å²) in [6.07, 6.45) is 1.79. The first kappa shape index (κ1) is 26.5. The predicted molar refractivity (Wildman–Crippen MR) is 151 cm³/mol. The fourth-order valence-corrected chi connectivity index (χ4v) is 5.77. The highest BCUT2D eigenvalue weighted by Gasteiger charge is 2.41. The third-order valence-corrected chi connectivity index (χ3v) is 7.78. The van der Waals surface area contributed by atoms with E-state index < -0.39 is 5.92 Å². The number of nitrogens with zero attached hydrogens (tertiary/aromatic N) is 2. The Hall–Kier alpha value is -4.08. The minimum atomic E-state index is -0.585. The zero-order valence-electron chi connectivity index (χ0n) is 22.1. The number of ketones is 1. The monoisotopic (exact) mass is 541 g/mol. The van der Waals surface area contributed by atoms with Gasteiger partial charge < -0.3 is 10.5 Å². The first-order valence-corrected chi connectivity index (χ1v) is 13.3. The fourth-order valence-electron chi connectivity index (χ4n) is 5.60. The number of aryl methyl sites for hydroxylation is 2. The minimum absolute atomic E-state index is 0.0243. The minimum Gasteiger partial charge on any atom is -0.489 e. The number of allylic oxidation sites excluding steroid dienone is 3. The molecule has 39 heavy (non-hydrogen) atoms. The summed E-state index contributed by atoms with van der Waals surface area (Å²) in [5, 5.41) is 11.0. The van der Waals surface area contributed by atoms with E-state index in [9.17, 15) is 14.4 Å². The molecule has 7 heteroatoms. The molecule has 3 aromatic rings. The third kappa shape index (κ3) is 4.91. The lowest BCUT2D eigenvalue weighted by Crippen LogP contribution is -2.39. The van der Waals surface area contributed by atoms with Crippen molar-refractivity contribution in [2.75, 3.05) is 4.90 Å². The average molecular weight is 542 g/mol. The number of nitrogens with two attached hydrogens (primary N) is 1. The number of benzene rings is 3. The van der Waals surface area contributed by atoms with Crippen LogP contribution < -0.4 is 15.4 Å². The van der Waals surface area contributed by atoms with Crippen LogP contribution in [-0.4, -0.2) is 5.78 Å². The summed E-state index contributed by atoms with van der Waals surface area (Å²) in [7, 11) is 0. The second kappa shape index (κ2) is 10.6. The highest BCUT2D eigenvalue weighted by molar-refractivity contribution is 6.30. The molecule has 0 fully saturated rings. The van der Waals surface area contributed by atoms with Crippen molar-refractivity contribution in [3.8, 4) is 11.8 Å². The second-order valence-corrected chi connectivity index (χ2v) is 10.6. The Morgan fingerprint density at radius 1 is 1.10 bits per heavy atom. The van der Waals surface area contributed by atoms with Gasteiger partial charge >= 0.3 is 0 Å². The molecule has 1 unspecified atom stereocenters. The van der Waals surface area contributed by atoms with Gasteiger partial charge in [0.05, 0.1) is 23.2 Å². The van der Waals surface area contributed by atoms with Crippen LogP contribution in [0.5, 0.6) is 5.75 Å². The molecule has 0 saturated heterocycles. The van der Waals surface area contributed by atoms with Crippen molar-refractivity contribution in [1.82, 2.24) is 0 Å². The summed E-state index contributed by atoms with van der Waals surface area (Å²) >= 11 is 6.36. The highest BCUT2D eigenvalue weighted by Crippen LogP contribution is 2.48. The molecule has 5 nitrogen and oxygen atoms in total. The number of Topliss-reactive ketones (excluding diaryl/α,β-unsaturated/α-hetero) is 1. The normalized spacial score (nSPS) is 17.3. The number of halogens is 2. The molecule has 1 aliphatic carbocycles. The van der Waals surface area contributed by atoms with Crippen molar-refractivity contribution in [2.24, 2.45) is 5.73 Å². The van der Waals surface area contributed by atoms with Crippen LogP contribution in [-0.2, 0) is 11.4 Å². The number of hydrogen-bond acceptors (Lipinski definition) is 5. The third-order valence-electron chi connectivity index (χ3n) is 7.54. The SMILES string of the molecule is Cc1cc(COc2ccc(F)cc2)c(C)c(C2C(C#N)=C(N)N(c3cc(Cl)ccc3C)C3=C2C(=O)CCC3)c1. The smallest absolute Gasteiger partial charge is 0.161 e. The highest BCUT2D eigenvalue weighted by atomic mass is 35.5. The Morgan fingerprint density at radius 2 is 1.85 bits per heavy atom. The fraction of sp³-hybridized carbons (Fsp3) is 0.250. The number of carbonyl (C=O) groups is 1. The van der Waals surface area contributed by atoms with Crippen molar-refractivity contribution >= 4 is 23.1 Å².